The number of aliphatic hydroxyl groups is 1. The van der Waals surface area contributed by atoms with E-state index in [9.17, 15) is 9.90 Å². The lowest BCUT2D eigenvalue weighted by molar-refractivity contribution is 0.0792. The first-order valence-corrected chi connectivity index (χ1v) is 7.79. The Morgan fingerprint density at radius 1 is 1.22 bits per heavy atom. The third-order valence-electron chi connectivity index (χ3n) is 3.46. The second-order valence-electron chi connectivity index (χ2n) is 5.74. The first kappa shape index (κ1) is 17.6. The number of rotatable bonds is 4. The van der Waals surface area contributed by atoms with E-state index in [4.69, 9.17) is 28.9 Å². The lowest BCUT2D eigenvalue weighted by Crippen LogP contribution is -2.25. The average Bonchev–Trinajstić information content (AvgIpc) is 2.45. The Kier molecular flexibility index (Phi) is 5.19. The van der Waals surface area contributed by atoms with Crippen LogP contribution in [0.4, 0.5) is 5.69 Å². The summed E-state index contributed by atoms with van der Waals surface area (Å²) in [6.07, 6.45) is 0. The molecule has 0 aliphatic rings. The summed E-state index contributed by atoms with van der Waals surface area (Å²) in [5.74, 6) is -0.300. The molecule has 0 fully saturated rings. The van der Waals surface area contributed by atoms with Crippen LogP contribution in [0.15, 0.2) is 36.4 Å². The summed E-state index contributed by atoms with van der Waals surface area (Å²) in [7, 11) is 0. The van der Waals surface area contributed by atoms with E-state index in [0.29, 0.717) is 32.4 Å². The number of halogens is 2. The number of carbonyl (C=O) groups excluding carboxylic acids is 1. The van der Waals surface area contributed by atoms with Crippen LogP contribution >= 0.6 is 23.2 Å². The van der Waals surface area contributed by atoms with Crippen molar-refractivity contribution >= 4 is 34.8 Å². The number of nitrogens with two attached hydrogens (primary N) is 1. The summed E-state index contributed by atoms with van der Waals surface area (Å²) < 4.78 is 0. The van der Waals surface area contributed by atoms with Gasteiger partial charge >= 0.3 is 0 Å². The number of benzene rings is 2. The van der Waals surface area contributed by atoms with Crippen molar-refractivity contribution in [2.75, 3.05) is 5.73 Å². The minimum atomic E-state index is -1.13. The van der Waals surface area contributed by atoms with Gasteiger partial charge in [0.2, 0.25) is 0 Å². The monoisotopic (exact) mass is 352 g/mol. The fraction of sp³-hybridized carbons (Fsp3) is 0.235. The van der Waals surface area contributed by atoms with Gasteiger partial charge in [0.1, 0.15) is 0 Å². The van der Waals surface area contributed by atoms with Gasteiger partial charge < -0.3 is 16.2 Å². The number of anilines is 1. The minimum Gasteiger partial charge on any atom is -0.398 e. The largest absolute Gasteiger partial charge is 0.398 e. The topological polar surface area (TPSA) is 75.3 Å². The second-order valence-corrected chi connectivity index (χ2v) is 6.56. The van der Waals surface area contributed by atoms with Crippen LogP contribution in [0, 0.1) is 0 Å². The molecule has 2 rings (SSSR count). The van der Waals surface area contributed by atoms with Gasteiger partial charge in [-0.3, -0.25) is 4.79 Å². The van der Waals surface area contributed by atoms with Gasteiger partial charge in [0.25, 0.3) is 5.91 Å². The summed E-state index contributed by atoms with van der Waals surface area (Å²) in [4.78, 5) is 12.3. The molecule has 1 amide bonds. The number of hydrogen-bond donors (Lipinski definition) is 3. The summed E-state index contributed by atoms with van der Waals surface area (Å²) in [6, 6.07) is 9.96. The maximum absolute atomic E-state index is 12.3. The normalized spacial score (nSPS) is 11.3. The summed E-state index contributed by atoms with van der Waals surface area (Å²) in [6.45, 7) is 3.44. The fourth-order valence-corrected chi connectivity index (χ4v) is 2.73. The highest BCUT2D eigenvalue weighted by Gasteiger charge is 2.21. The van der Waals surface area contributed by atoms with Crippen LogP contribution in [0.25, 0.3) is 0 Å². The molecule has 0 saturated heterocycles. The van der Waals surface area contributed by atoms with Crippen LogP contribution in [0.3, 0.4) is 0 Å². The zero-order valence-electron chi connectivity index (χ0n) is 12.9. The average molecular weight is 353 g/mol. The Labute approximate surface area is 145 Å². The molecular formula is C17H18Cl2N2O2. The third kappa shape index (κ3) is 4.16. The molecule has 4 nitrogen and oxygen atoms in total. The molecule has 0 aliphatic carbocycles. The predicted molar refractivity (Wildman–Crippen MR) is 93.7 cm³/mol. The predicted octanol–water partition coefficient (Wildman–Crippen LogP) is 3.73. The van der Waals surface area contributed by atoms with E-state index >= 15 is 0 Å². The molecule has 4 N–H and O–H groups in total. The molecular weight excluding hydrogens is 335 g/mol. The van der Waals surface area contributed by atoms with Crippen LogP contribution in [0.5, 0.6) is 0 Å². The van der Waals surface area contributed by atoms with Crippen molar-refractivity contribution in [3.05, 3.63) is 63.1 Å². The molecule has 0 spiro atoms. The van der Waals surface area contributed by atoms with E-state index in [1.165, 1.54) is 0 Å². The number of nitrogens with one attached hydrogen (secondary N) is 1. The molecule has 0 unspecified atom stereocenters. The molecule has 6 heteroatoms. The van der Waals surface area contributed by atoms with Crippen molar-refractivity contribution in [1.82, 2.24) is 5.32 Å². The number of amides is 1. The van der Waals surface area contributed by atoms with Gasteiger partial charge in [0.15, 0.2) is 0 Å². The SMILES string of the molecule is CC(C)(O)c1cc(C(=O)NCc2c(Cl)cccc2Cl)ccc1N. The van der Waals surface area contributed by atoms with E-state index in [1.54, 1.807) is 50.2 Å². The van der Waals surface area contributed by atoms with Crippen molar-refractivity contribution in [3.8, 4) is 0 Å². The Balaban J connectivity index is 2.19. The van der Waals surface area contributed by atoms with Crippen molar-refractivity contribution in [3.63, 3.8) is 0 Å². The summed E-state index contributed by atoms with van der Waals surface area (Å²) >= 11 is 12.2. The van der Waals surface area contributed by atoms with E-state index in [1.807, 2.05) is 0 Å². The number of carbonyl (C=O) groups is 1. The van der Waals surface area contributed by atoms with Gasteiger partial charge in [0, 0.05) is 39.0 Å². The highest BCUT2D eigenvalue weighted by Crippen LogP contribution is 2.27. The van der Waals surface area contributed by atoms with Crippen LogP contribution in [-0.4, -0.2) is 11.0 Å². The summed E-state index contributed by atoms with van der Waals surface area (Å²) in [5.41, 5.74) is 6.71. The lowest BCUT2D eigenvalue weighted by Gasteiger charge is -2.20. The first-order valence-electron chi connectivity index (χ1n) is 7.03. The molecule has 0 atom stereocenters. The zero-order valence-corrected chi connectivity index (χ0v) is 14.4. The van der Waals surface area contributed by atoms with Crippen LogP contribution in [0.1, 0.15) is 35.3 Å². The van der Waals surface area contributed by atoms with Crippen LogP contribution in [-0.2, 0) is 12.1 Å². The molecule has 0 aromatic heterocycles. The lowest BCUT2D eigenvalue weighted by atomic mass is 9.94. The Morgan fingerprint density at radius 3 is 2.39 bits per heavy atom. The van der Waals surface area contributed by atoms with Crippen molar-refractivity contribution < 1.29 is 9.90 Å². The highest BCUT2D eigenvalue weighted by molar-refractivity contribution is 6.36. The van der Waals surface area contributed by atoms with Gasteiger partial charge in [-0.05, 0) is 44.2 Å². The highest BCUT2D eigenvalue weighted by atomic mass is 35.5. The molecule has 0 radical (unpaired) electrons. The summed E-state index contributed by atoms with van der Waals surface area (Å²) in [5, 5.41) is 13.9. The van der Waals surface area contributed by atoms with E-state index < -0.39 is 5.60 Å². The van der Waals surface area contributed by atoms with E-state index in [-0.39, 0.29) is 12.5 Å². The van der Waals surface area contributed by atoms with Crippen molar-refractivity contribution in [2.45, 2.75) is 26.0 Å². The molecule has 0 aliphatic heterocycles. The van der Waals surface area contributed by atoms with Gasteiger partial charge in [0.05, 0.1) is 5.60 Å². The molecule has 23 heavy (non-hydrogen) atoms. The maximum atomic E-state index is 12.3. The second kappa shape index (κ2) is 6.79. The molecule has 2 aromatic carbocycles. The van der Waals surface area contributed by atoms with Crippen molar-refractivity contribution in [1.29, 1.82) is 0 Å². The maximum Gasteiger partial charge on any atom is 0.251 e. The minimum absolute atomic E-state index is 0.208. The first-order chi connectivity index (χ1) is 10.7. The Hall–Kier alpha value is -1.75. The van der Waals surface area contributed by atoms with Crippen LogP contribution in [0.2, 0.25) is 10.0 Å². The standard InChI is InChI=1S/C17H18Cl2N2O2/c1-17(2,23)12-8-10(6-7-15(12)20)16(22)21-9-11-13(18)4-3-5-14(11)19/h3-8,23H,9,20H2,1-2H3,(H,21,22). The van der Waals surface area contributed by atoms with E-state index in [2.05, 4.69) is 5.32 Å². The van der Waals surface area contributed by atoms with Gasteiger partial charge in [-0.25, -0.2) is 0 Å². The molecule has 0 saturated carbocycles. The fourth-order valence-electron chi connectivity index (χ4n) is 2.20. The zero-order chi connectivity index (χ0) is 17.2. The Morgan fingerprint density at radius 2 is 1.83 bits per heavy atom. The van der Waals surface area contributed by atoms with Gasteiger partial charge in [-0.1, -0.05) is 29.3 Å². The van der Waals surface area contributed by atoms with Gasteiger partial charge in [-0.2, -0.15) is 0 Å². The molecule has 0 bridgehead atoms. The smallest absolute Gasteiger partial charge is 0.251 e. The van der Waals surface area contributed by atoms with Crippen LogP contribution < -0.4 is 11.1 Å². The van der Waals surface area contributed by atoms with Crippen molar-refractivity contribution in [2.24, 2.45) is 0 Å². The molecule has 2 aromatic rings. The van der Waals surface area contributed by atoms with Gasteiger partial charge in [-0.15, -0.1) is 0 Å². The third-order valence-corrected chi connectivity index (χ3v) is 4.17. The Bertz CT molecular complexity index is 720. The number of nitrogen functional groups attached to an aromatic ring is 1. The quantitative estimate of drug-likeness (QED) is 0.733. The van der Waals surface area contributed by atoms with E-state index in [0.717, 1.165) is 0 Å². The molecule has 0 heterocycles. The number of hydrogen-bond acceptors (Lipinski definition) is 3. The molecule has 122 valence electrons.